The molecule has 0 heterocycles. The van der Waals surface area contributed by atoms with Crippen LogP contribution in [0.15, 0.2) is 11.6 Å². The summed E-state index contributed by atoms with van der Waals surface area (Å²) < 4.78 is 0. The van der Waals surface area contributed by atoms with Gasteiger partial charge in [0.2, 0.25) is 0 Å². The Morgan fingerprint density at radius 2 is 1.77 bits per heavy atom. The van der Waals surface area contributed by atoms with Crippen LogP contribution in [-0.2, 0) is 4.79 Å². The molecule has 3 saturated carbocycles. The lowest BCUT2D eigenvalue weighted by Crippen LogP contribution is -2.53. The van der Waals surface area contributed by atoms with Crippen LogP contribution in [0.4, 0.5) is 0 Å². The van der Waals surface area contributed by atoms with Gasteiger partial charge in [-0.15, -0.1) is 0 Å². The van der Waals surface area contributed by atoms with Crippen molar-refractivity contribution in [1.29, 1.82) is 0 Å². The number of hydrogen-bond donors (Lipinski definition) is 2. The Morgan fingerprint density at radius 1 is 1.07 bits per heavy atom. The van der Waals surface area contributed by atoms with Gasteiger partial charge in [-0.25, -0.2) is 0 Å². The fourth-order valence-corrected chi connectivity index (χ4v) is 7.75. The fourth-order valence-electron chi connectivity index (χ4n) is 7.75. The van der Waals surface area contributed by atoms with E-state index in [0.717, 1.165) is 32.1 Å². The van der Waals surface area contributed by atoms with Crippen LogP contribution in [-0.4, -0.2) is 27.7 Å². The molecule has 2 N–H and O–H groups in total. The third-order valence-corrected chi connectivity index (χ3v) is 9.46. The smallest absolute Gasteiger partial charge is 0.159 e. The van der Waals surface area contributed by atoms with Gasteiger partial charge in [0, 0.05) is 5.92 Å². The summed E-state index contributed by atoms with van der Waals surface area (Å²) in [6.45, 7) is 12.7. The average molecular weight is 419 g/mol. The molecule has 4 aliphatic rings. The summed E-state index contributed by atoms with van der Waals surface area (Å²) >= 11 is 0. The van der Waals surface area contributed by atoms with Crippen molar-refractivity contribution in [2.24, 2.45) is 34.5 Å². The fraction of sp³-hybridized carbons (Fsp3) is 0.889. The second-order valence-electron chi connectivity index (χ2n) is 11.6. The van der Waals surface area contributed by atoms with Crippen LogP contribution in [0.1, 0.15) is 106 Å². The van der Waals surface area contributed by atoms with E-state index >= 15 is 0 Å². The van der Waals surface area contributed by atoms with E-state index < -0.39 is 5.60 Å². The Morgan fingerprint density at radius 3 is 2.43 bits per heavy atom. The van der Waals surface area contributed by atoms with Crippen LogP contribution in [0.2, 0.25) is 0 Å². The molecule has 0 aromatic rings. The second kappa shape index (κ2) is 8.70. The molecule has 0 aromatic heterocycles. The summed E-state index contributed by atoms with van der Waals surface area (Å²) in [5.41, 5.74) is 1.07. The number of fused-ring (bicyclic) bond motifs is 5. The van der Waals surface area contributed by atoms with Crippen LogP contribution < -0.4 is 0 Å². The van der Waals surface area contributed by atoms with Gasteiger partial charge in [0.25, 0.3) is 0 Å². The van der Waals surface area contributed by atoms with E-state index in [0.29, 0.717) is 30.0 Å². The summed E-state index contributed by atoms with van der Waals surface area (Å²) in [4.78, 5) is 13.3. The Kier molecular flexibility index (Phi) is 6.95. The SMILES string of the molecule is CC.CC(C)(O)CCC[C@H]1CCC2C3C(=O)C=C4CC(O)CCC4(C)C3CCC21C. The van der Waals surface area contributed by atoms with Crippen molar-refractivity contribution >= 4 is 5.78 Å². The van der Waals surface area contributed by atoms with Crippen molar-refractivity contribution in [1.82, 2.24) is 0 Å². The molecule has 0 saturated heterocycles. The number of aliphatic hydroxyl groups is 2. The van der Waals surface area contributed by atoms with Crippen molar-refractivity contribution in [3.05, 3.63) is 11.6 Å². The number of allylic oxidation sites excluding steroid dienone is 1. The van der Waals surface area contributed by atoms with Gasteiger partial charge in [-0.2, -0.15) is 0 Å². The molecule has 0 aromatic carbocycles. The minimum Gasteiger partial charge on any atom is -0.393 e. The van der Waals surface area contributed by atoms with Gasteiger partial charge in [0.1, 0.15) is 0 Å². The zero-order valence-corrected chi connectivity index (χ0v) is 20.3. The predicted octanol–water partition coefficient (Wildman–Crippen LogP) is 6.07. The molecule has 3 heteroatoms. The van der Waals surface area contributed by atoms with Crippen LogP contribution in [0.25, 0.3) is 0 Å². The zero-order chi connectivity index (χ0) is 22.3. The van der Waals surface area contributed by atoms with E-state index in [1.165, 1.54) is 31.3 Å². The molecule has 0 spiro atoms. The second-order valence-corrected chi connectivity index (χ2v) is 11.6. The highest BCUT2D eigenvalue weighted by atomic mass is 16.3. The normalized spacial score (nSPS) is 43.0. The van der Waals surface area contributed by atoms with Crippen LogP contribution >= 0.6 is 0 Å². The lowest BCUT2D eigenvalue weighted by Gasteiger charge is -2.57. The molecule has 172 valence electrons. The Labute approximate surface area is 184 Å². The highest BCUT2D eigenvalue weighted by molar-refractivity contribution is 5.94. The Balaban J connectivity index is 0.00000124. The molecule has 0 amide bonds. The Bertz CT molecular complexity index is 660. The standard InChI is InChI=1S/C25H40O3.C2H6/c1-23(2,28)11-5-6-16-7-8-19-22-20(10-13-24(16,19)3)25(4)12-9-18(26)14-17(25)15-21(22)27;1-2/h15-16,18-20,22,26,28H,5-14H2,1-4H3;1-2H3/t16-,18?,19?,20?,22?,24?,25?;/m0./s1. The van der Waals surface area contributed by atoms with Crippen molar-refractivity contribution in [3.63, 3.8) is 0 Å². The first-order chi connectivity index (χ1) is 14.0. The monoisotopic (exact) mass is 418 g/mol. The van der Waals surface area contributed by atoms with Crippen molar-refractivity contribution in [2.75, 3.05) is 0 Å². The summed E-state index contributed by atoms with van der Waals surface area (Å²) in [6.07, 6.45) is 12.3. The maximum absolute atomic E-state index is 13.3. The van der Waals surface area contributed by atoms with E-state index in [4.69, 9.17) is 0 Å². The largest absolute Gasteiger partial charge is 0.393 e. The lowest BCUT2D eigenvalue weighted by atomic mass is 9.47. The molecular formula is C27H46O3. The molecular weight excluding hydrogens is 372 g/mol. The van der Waals surface area contributed by atoms with Gasteiger partial charge in [0.15, 0.2) is 5.78 Å². The van der Waals surface area contributed by atoms with Gasteiger partial charge in [-0.1, -0.05) is 39.7 Å². The molecule has 3 nitrogen and oxygen atoms in total. The van der Waals surface area contributed by atoms with Crippen molar-refractivity contribution < 1.29 is 15.0 Å². The molecule has 6 unspecified atom stereocenters. The predicted molar refractivity (Wildman–Crippen MR) is 123 cm³/mol. The van der Waals surface area contributed by atoms with Crippen LogP contribution in [0.5, 0.6) is 0 Å². The molecule has 30 heavy (non-hydrogen) atoms. The highest BCUT2D eigenvalue weighted by Gasteiger charge is 2.60. The number of carbonyl (C=O) groups is 1. The zero-order valence-electron chi connectivity index (χ0n) is 20.3. The summed E-state index contributed by atoms with van der Waals surface area (Å²) in [6, 6.07) is 0. The maximum atomic E-state index is 13.3. The van der Waals surface area contributed by atoms with E-state index in [1.807, 2.05) is 33.8 Å². The molecule has 7 atom stereocenters. The quantitative estimate of drug-likeness (QED) is 0.582. The number of rotatable bonds is 4. The number of hydrogen-bond acceptors (Lipinski definition) is 3. The molecule has 3 fully saturated rings. The number of ketones is 1. The first-order valence-electron chi connectivity index (χ1n) is 12.7. The van der Waals surface area contributed by atoms with Crippen LogP contribution in [0.3, 0.4) is 0 Å². The molecule has 0 aliphatic heterocycles. The molecule has 0 bridgehead atoms. The molecule has 4 aliphatic carbocycles. The van der Waals surface area contributed by atoms with E-state index in [-0.39, 0.29) is 22.9 Å². The van der Waals surface area contributed by atoms with Crippen LogP contribution in [0, 0.1) is 34.5 Å². The van der Waals surface area contributed by atoms with E-state index in [2.05, 4.69) is 13.8 Å². The van der Waals surface area contributed by atoms with Gasteiger partial charge >= 0.3 is 0 Å². The first-order valence-corrected chi connectivity index (χ1v) is 12.7. The minimum absolute atomic E-state index is 0.123. The maximum Gasteiger partial charge on any atom is 0.159 e. The minimum atomic E-state index is -0.572. The molecule has 0 radical (unpaired) electrons. The summed E-state index contributed by atoms with van der Waals surface area (Å²) in [5, 5.41) is 20.2. The average Bonchev–Trinajstić information content (AvgIpc) is 3.00. The molecule has 4 rings (SSSR count). The third kappa shape index (κ3) is 4.18. The first kappa shape index (κ1) is 24.0. The summed E-state index contributed by atoms with van der Waals surface area (Å²) in [7, 11) is 0. The number of aliphatic hydroxyl groups excluding tert-OH is 1. The number of carbonyl (C=O) groups excluding carboxylic acids is 1. The third-order valence-electron chi connectivity index (χ3n) is 9.46. The summed E-state index contributed by atoms with van der Waals surface area (Å²) in [5.74, 6) is 2.25. The van der Waals surface area contributed by atoms with Gasteiger partial charge < -0.3 is 10.2 Å². The van der Waals surface area contributed by atoms with Gasteiger partial charge in [-0.3, -0.25) is 4.79 Å². The van der Waals surface area contributed by atoms with Crippen molar-refractivity contribution in [2.45, 2.75) is 117 Å². The Hall–Kier alpha value is -0.670. The van der Waals surface area contributed by atoms with E-state index in [1.54, 1.807) is 0 Å². The van der Waals surface area contributed by atoms with Gasteiger partial charge in [0.05, 0.1) is 11.7 Å². The highest BCUT2D eigenvalue weighted by Crippen LogP contribution is 2.66. The van der Waals surface area contributed by atoms with Gasteiger partial charge in [-0.05, 0) is 106 Å². The van der Waals surface area contributed by atoms with Crippen molar-refractivity contribution in [3.8, 4) is 0 Å². The lowest BCUT2D eigenvalue weighted by molar-refractivity contribution is -0.134. The topological polar surface area (TPSA) is 57.5 Å². The van der Waals surface area contributed by atoms with E-state index in [9.17, 15) is 15.0 Å².